The number of rotatable bonds is 7. The van der Waals surface area contributed by atoms with E-state index in [4.69, 9.17) is 9.84 Å². The van der Waals surface area contributed by atoms with Gasteiger partial charge in [0.2, 0.25) is 0 Å². The molecule has 0 fully saturated rings. The van der Waals surface area contributed by atoms with Crippen molar-refractivity contribution in [3.63, 3.8) is 0 Å². The van der Waals surface area contributed by atoms with Gasteiger partial charge in [-0.25, -0.2) is 0 Å². The fourth-order valence-electron chi connectivity index (χ4n) is 3.20. The highest BCUT2D eigenvalue weighted by molar-refractivity contribution is 7.99. The van der Waals surface area contributed by atoms with Crippen molar-refractivity contribution in [3.05, 3.63) is 64.2 Å². The number of benzene rings is 2. The molecule has 1 heterocycles. The summed E-state index contributed by atoms with van der Waals surface area (Å²) in [6, 6.07) is 9.81. The molecule has 1 aliphatic rings. The first-order chi connectivity index (χ1) is 13.3. The van der Waals surface area contributed by atoms with Crippen LogP contribution in [0.5, 0.6) is 5.75 Å². The molecule has 0 aromatic heterocycles. The molecule has 0 amide bonds. The highest BCUT2D eigenvalue weighted by Gasteiger charge is 2.15. The largest absolute Gasteiger partial charge is 0.492 e. The van der Waals surface area contributed by atoms with Crippen molar-refractivity contribution in [3.8, 4) is 5.75 Å². The number of aryl methyl sites for hydroxylation is 3. The second-order valence-corrected chi connectivity index (χ2v) is 8.29. The lowest BCUT2D eigenvalue weighted by molar-refractivity contribution is -0.142. The van der Waals surface area contributed by atoms with Gasteiger partial charge in [-0.05, 0) is 85.9 Å². The van der Waals surface area contributed by atoms with Gasteiger partial charge < -0.3 is 9.84 Å². The average molecular weight is 397 g/mol. The number of carboxylic acid groups (broad SMARTS) is 1. The van der Waals surface area contributed by atoms with Gasteiger partial charge >= 0.3 is 5.97 Å². The predicted octanol–water partition coefficient (Wildman–Crippen LogP) is 4.95. The zero-order valence-corrected chi connectivity index (χ0v) is 17.1. The van der Waals surface area contributed by atoms with E-state index < -0.39 is 11.9 Å². The van der Waals surface area contributed by atoms with Crippen LogP contribution in [0.25, 0.3) is 6.08 Å². The molecular formula is C23H24O4S. The summed E-state index contributed by atoms with van der Waals surface area (Å²) in [4.78, 5) is 24.8. The molecule has 0 spiro atoms. The van der Waals surface area contributed by atoms with E-state index in [9.17, 15) is 9.59 Å². The fourth-order valence-corrected chi connectivity index (χ4v) is 4.25. The van der Waals surface area contributed by atoms with Crippen molar-refractivity contribution in [2.75, 3.05) is 12.4 Å². The minimum absolute atomic E-state index is 0.00869. The third-order valence-corrected chi connectivity index (χ3v) is 5.90. The van der Waals surface area contributed by atoms with Gasteiger partial charge in [-0.3, -0.25) is 9.59 Å². The Morgan fingerprint density at radius 2 is 1.93 bits per heavy atom. The lowest BCUT2D eigenvalue weighted by atomic mass is 10.0. The Kier molecular flexibility index (Phi) is 6.25. The maximum absolute atomic E-state index is 12.5. The number of carbonyl (C=O) groups excluding carboxylic acids is 1. The molecule has 0 bridgehead atoms. The zero-order chi connectivity index (χ0) is 20.3. The Bertz CT molecular complexity index is 923. The van der Waals surface area contributed by atoms with Crippen LogP contribution in [0.2, 0.25) is 0 Å². The summed E-state index contributed by atoms with van der Waals surface area (Å²) in [5.74, 6) is 0.333. The number of hydrogen-bond donors (Lipinski definition) is 1. The Labute approximate surface area is 169 Å². The van der Waals surface area contributed by atoms with Crippen LogP contribution < -0.4 is 4.74 Å². The van der Waals surface area contributed by atoms with Crippen molar-refractivity contribution in [2.24, 2.45) is 5.92 Å². The number of fused-ring (bicyclic) bond motifs is 1. The monoisotopic (exact) mass is 396 g/mol. The van der Waals surface area contributed by atoms with E-state index >= 15 is 0 Å². The van der Waals surface area contributed by atoms with Gasteiger partial charge in [-0.2, -0.15) is 0 Å². The van der Waals surface area contributed by atoms with Crippen molar-refractivity contribution in [2.45, 2.75) is 32.1 Å². The predicted molar refractivity (Wildman–Crippen MR) is 112 cm³/mol. The van der Waals surface area contributed by atoms with Gasteiger partial charge in [-0.1, -0.05) is 6.08 Å². The average Bonchev–Trinajstić information content (AvgIpc) is 3.12. The number of ketones is 1. The van der Waals surface area contributed by atoms with E-state index in [1.54, 1.807) is 13.0 Å². The van der Waals surface area contributed by atoms with Crippen LogP contribution in [-0.2, 0) is 11.2 Å². The van der Waals surface area contributed by atoms with Gasteiger partial charge in [0.15, 0.2) is 5.78 Å². The Hall–Kier alpha value is -2.53. The normalized spacial score (nSPS) is 14.1. The zero-order valence-electron chi connectivity index (χ0n) is 16.3. The standard InChI is InChI=1S/C23H24O4S/c1-14-10-17(11-15(2)22(14)27-13-16(3)23(25)26)4-6-20(24)18-5-7-21-19(12-18)8-9-28-21/h4-7,10-12,16H,8-9,13H2,1-3H3,(H,25,26)/b6-4+. The van der Waals surface area contributed by atoms with Gasteiger partial charge in [0, 0.05) is 16.2 Å². The Balaban J connectivity index is 1.71. The number of ether oxygens (including phenoxy) is 1. The molecule has 1 N–H and O–H groups in total. The van der Waals surface area contributed by atoms with E-state index in [0.717, 1.165) is 28.9 Å². The summed E-state index contributed by atoms with van der Waals surface area (Å²) in [5, 5.41) is 8.99. The molecule has 5 heteroatoms. The van der Waals surface area contributed by atoms with E-state index in [1.807, 2.05) is 62.0 Å². The summed E-state index contributed by atoms with van der Waals surface area (Å²) >= 11 is 1.84. The summed E-state index contributed by atoms with van der Waals surface area (Å²) in [7, 11) is 0. The molecule has 3 rings (SSSR count). The van der Waals surface area contributed by atoms with Crippen LogP contribution in [0.4, 0.5) is 0 Å². The fraction of sp³-hybridized carbons (Fsp3) is 0.304. The van der Waals surface area contributed by atoms with Crippen LogP contribution in [0.3, 0.4) is 0 Å². The molecule has 146 valence electrons. The molecule has 1 atom stereocenters. The molecule has 4 nitrogen and oxygen atoms in total. The lowest BCUT2D eigenvalue weighted by Gasteiger charge is -2.15. The molecule has 0 aliphatic carbocycles. The van der Waals surface area contributed by atoms with Crippen LogP contribution in [0, 0.1) is 19.8 Å². The molecule has 28 heavy (non-hydrogen) atoms. The van der Waals surface area contributed by atoms with Crippen LogP contribution in [0.15, 0.2) is 41.3 Å². The Morgan fingerprint density at radius 1 is 1.21 bits per heavy atom. The minimum atomic E-state index is -0.876. The number of aliphatic carboxylic acids is 1. The van der Waals surface area contributed by atoms with Crippen molar-refractivity contribution < 1.29 is 19.4 Å². The number of carbonyl (C=O) groups is 2. The smallest absolute Gasteiger partial charge is 0.309 e. The van der Waals surface area contributed by atoms with Crippen LogP contribution in [0.1, 0.15) is 39.5 Å². The first-order valence-corrected chi connectivity index (χ1v) is 10.3. The van der Waals surface area contributed by atoms with E-state index in [2.05, 4.69) is 0 Å². The topological polar surface area (TPSA) is 63.6 Å². The van der Waals surface area contributed by atoms with Crippen molar-refractivity contribution >= 4 is 29.6 Å². The summed E-state index contributed by atoms with van der Waals surface area (Å²) < 4.78 is 5.71. The summed E-state index contributed by atoms with van der Waals surface area (Å²) in [5.41, 5.74) is 4.72. The van der Waals surface area contributed by atoms with Crippen LogP contribution in [-0.4, -0.2) is 29.2 Å². The van der Waals surface area contributed by atoms with Gasteiger partial charge in [0.25, 0.3) is 0 Å². The maximum Gasteiger partial charge on any atom is 0.309 e. The maximum atomic E-state index is 12.5. The molecule has 1 unspecified atom stereocenters. The van der Waals surface area contributed by atoms with Gasteiger partial charge in [-0.15, -0.1) is 11.8 Å². The molecule has 1 aliphatic heterocycles. The van der Waals surface area contributed by atoms with E-state index in [0.29, 0.717) is 11.3 Å². The minimum Gasteiger partial charge on any atom is -0.492 e. The molecule has 0 radical (unpaired) electrons. The second kappa shape index (κ2) is 8.65. The van der Waals surface area contributed by atoms with E-state index in [-0.39, 0.29) is 12.4 Å². The number of hydrogen-bond acceptors (Lipinski definition) is 4. The first kappa shape index (κ1) is 20.2. The van der Waals surface area contributed by atoms with Crippen molar-refractivity contribution in [1.29, 1.82) is 0 Å². The molecule has 2 aromatic rings. The van der Waals surface area contributed by atoms with Gasteiger partial charge in [0.1, 0.15) is 12.4 Å². The van der Waals surface area contributed by atoms with Gasteiger partial charge in [0.05, 0.1) is 5.92 Å². The van der Waals surface area contributed by atoms with Crippen LogP contribution >= 0.6 is 11.8 Å². The highest BCUT2D eigenvalue weighted by Crippen LogP contribution is 2.32. The third-order valence-electron chi connectivity index (χ3n) is 4.78. The molecule has 0 saturated heterocycles. The Morgan fingerprint density at radius 3 is 2.61 bits per heavy atom. The molecule has 0 saturated carbocycles. The first-order valence-electron chi connectivity index (χ1n) is 9.30. The SMILES string of the molecule is Cc1cc(/C=C/C(=O)c2ccc3c(c2)CCS3)cc(C)c1OCC(C)C(=O)O. The highest BCUT2D eigenvalue weighted by atomic mass is 32.2. The second-order valence-electron chi connectivity index (χ2n) is 7.15. The quantitative estimate of drug-likeness (QED) is 0.530. The number of thioether (sulfide) groups is 1. The molecular weight excluding hydrogens is 372 g/mol. The number of carboxylic acids is 1. The summed E-state index contributed by atoms with van der Waals surface area (Å²) in [6.45, 7) is 5.59. The number of allylic oxidation sites excluding steroid dienone is 1. The van der Waals surface area contributed by atoms with E-state index in [1.165, 1.54) is 10.5 Å². The third kappa shape index (κ3) is 4.65. The lowest BCUT2D eigenvalue weighted by Crippen LogP contribution is -2.18. The molecule has 2 aromatic carbocycles. The van der Waals surface area contributed by atoms with Crippen molar-refractivity contribution in [1.82, 2.24) is 0 Å². The summed E-state index contributed by atoms with van der Waals surface area (Å²) in [6.07, 6.45) is 4.43.